The summed E-state index contributed by atoms with van der Waals surface area (Å²) in [5.41, 5.74) is 8.13. The second-order valence-electron chi connectivity index (χ2n) is 7.10. The average Bonchev–Trinajstić information content (AvgIpc) is 2.54. The highest BCUT2D eigenvalue weighted by Gasteiger charge is 2.40. The Morgan fingerprint density at radius 1 is 1.12 bits per heavy atom. The number of hydrogen-bond donors (Lipinski definition) is 2. The first-order chi connectivity index (χ1) is 11.2. The molecule has 0 saturated heterocycles. The highest BCUT2D eigenvalue weighted by molar-refractivity contribution is 5.95. The molecule has 4 nitrogen and oxygen atoms in total. The number of aromatic nitrogens is 1. The number of nitrogens with two attached hydrogens (primary N) is 1. The van der Waals surface area contributed by atoms with Crippen molar-refractivity contribution in [2.45, 2.75) is 38.1 Å². The maximum absolute atomic E-state index is 12.7. The summed E-state index contributed by atoms with van der Waals surface area (Å²) in [4.78, 5) is 17.0. The van der Waals surface area contributed by atoms with E-state index >= 15 is 0 Å². The Kier molecular flexibility index (Phi) is 6.66. The van der Waals surface area contributed by atoms with E-state index in [1.165, 1.54) is 19.3 Å². The van der Waals surface area contributed by atoms with Gasteiger partial charge < -0.3 is 11.1 Å². The minimum atomic E-state index is 0. The number of rotatable bonds is 2. The quantitative estimate of drug-likeness (QED) is 0.819. The lowest BCUT2D eigenvalue weighted by molar-refractivity contribution is -0.122. The van der Waals surface area contributed by atoms with Crippen LogP contribution in [-0.2, 0) is 4.79 Å². The van der Waals surface area contributed by atoms with Gasteiger partial charge in [0.15, 0.2) is 0 Å². The molecule has 1 heterocycles. The standard InChI is InChI=1S/C19H23N3O.2ClH/c20-18-13-3-1-4-14(18)10-15(9-13)19(23)22-16-6-7-17-12(11-16)5-2-8-21-17;;/h2,5-8,11,13-15,18H,1,3-4,9-10,20H2,(H,22,23);2*1H. The zero-order valence-electron chi connectivity index (χ0n) is 14.1. The molecule has 1 aromatic carbocycles. The SMILES string of the molecule is Cl.Cl.NC1C2CCCC1CC(C(=O)Nc1ccc3ncccc3c1)C2. The third kappa shape index (κ3) is 4.08. The molecule has 2 aromatic rings. The van der Waals surface area contributed by atoms with Gasteiger partial charge in [-0.05, 0) is 61.8 Å². The molecule has 1 aromatic heterocycles. The van der Waals surface area contributed by atoms with E-state index in [-0.39, 0.29) is 36.6 Å². The van der Waals surface area contributed by atoms with Crippen LogP contribution in [0.2, 0.25) is 0 Å². The van der Waals surface area contributed by atoms with Gasteiger partial charge in [0.2, 0.25) is 5.91 Å². The van der Waals surface area contributed by atoms with E-state index in [1.54, 1.807) is 6.20 Å². The van der Waals surface area contributed by atoms with Crippen LogP contribution in [-0.4, -0.2) is 16.9 Å². The Bertz CT molecular complexity index is 725. The third-order valence-corrected chi connectivity index (χ3v) is 5.65. The van der Waals surface area contributed by atoms with Gasteiger partial charge in [-0.1, -0.05) is 12.5 Å². The molecule has 6 heteroatoms. The molecule has 4 rings (SSSR count). The number of carbonyl (C=O) groups excluding carboxylic acids is 1. The van der Waals surface area contributed by atoms with E-state index in [9.17, 15) is 4.79 Å². The maximum atomic E-state index is 12.7. The molecule has 2 fully saturated rings. The maximum Gasteiger partial charge on any atom is 0.227 e. The number of amides is 1. The van der Waals surface area contributed by atoms with Crippen LogP contribution in [0.3, 0.4) is 0 Å². The van der Waals surface area contributed by atoms with E-state index in [2.05, 4.69) is 10.3 Å². The number of anilines is 1. The van der Waals surface area contributed by atoms with Crippen molar-refractivity contribution in [2.75, 3.05) is 5.32 Å². The molecule has 2 aliphatic rings. The summed E-state index contributed by atoms with van der Waals surface area (Å²) < 4.78 is 0. The number of nitrogens with zero attached hydrogens (tertiary/aromatic N) is 1. The average molecular weight is 382 g/mol. The molecule has 0 spiro atoms. The van der Waals surface area contributed by atoms with Gasteiger partial charge in [-0.3, -0.25) is 9.78 Å². The van der Waals surface area contributed by atoms with E-state index in [0.717, 1.165) is 29.4 Å². The minimum absolute atomic E-state index is 0. The predicted molar refractivity (Wildman–Crippen MR) is 106 cm³/mol. The molecule has 2 saturated carbocycles. The molecule has 136 valence electrons. The lowest BCUT2D eigenvalue weighted by Gasteiger charge is -2.43. The highest BCUT2D eigenvalue weighted by atomic mass is 35.5. The van der Waals surface area contributed by atoms with Gasteiger partial charge in [-0.2, -0.15) is 0 Å². The number of nitrogens with one attached hydrogen (secondary N) is 1. The molecule has 2 aliphatic carbocycles. The van der Waals surface area contributed by atoms with Crippen molar-refractivity contribution in [3.8, 4) is 0 Å². The Balaban J connectivity index is 0.00000113. The van der Waals surface area contributed by atoms with Gasteiger partial charge in [-0.25, -0.2) is 0 Å². The lowest BCUT2D eigenvalue weighted by atomic mass is 9.65. The van der Waals surface area contributed by atoms with Crippen LogP contribution in [0.25, 0.3) is 10.9 Å². The van der Waals surface area contributed by atoms with Crippen molar-refractivity contribution in [3.63, 3.8) is 0 Å². The first-order valence-electron chi connectivity index (χ1n) is 8.62. The van der Waals surface area contributed by atoms with E-state index in [4.69, 9.17) is 5.73 Å². The number of benzene rings is 1. The summed E-state index contributed by atoms with van der Waals surface area (Å²) in [6, 6.07) is 10.1. The first-order valence-corrected chi connectivity index (χ1v) is 8.62. The van der Waals surface area contributed by atoms with Crippen molar-refractivity contribution in [2.24, 2.45) is 23.5 Å². The van der Waals surface area contributed by atoms with Gasteiger partial charge in [-0.15, -0.1) is 24.8 Å². The molecule has 25 heavy (non-hydrogen) atoms. The Morgan fingerprint density at radius 3 is 2.56 bits per heavy atom. The van der Waals surface area contributed by atoms with Crippen LogP contribution in [0.5, 0.6) is 0 Å². The van der Waals surface area contributed by atoms with Crippen molar-refractivity contribution in [1.29, 1.82) is 0 Å². The summed E-state index contributed by atoms with van der Waals surface area (Å²) in [5, 5.41) is 4.15. The van der Waals surface area contributed by atoms with Crippen LogP contribution in [0.1, 0.15) is 32.1 Å². The molecule has 3 N–H and O–H groups in total. The molecule has 2 atom stereocenters. The Morgan fingerprint density at radius 2 is 1.84 bits per heavy atom. The van der Waals surface area contributed by atoms with Crippen molar-refractivity contribution >= 4 is 47.3 Å². The van der Waals surface area contributed by atoms with Crippen LogP contribution in [0.4, 0.5) is 5.69 Å². The smallest absolute Gasteiger partial charge is 0.227 e. The third-order valence-electron chi connectivity index (χ3n) is 5.65. The van der Waals surface area contributed by atoms with Gasteiger partial charge >= 0.3 is 0 Å². The van der Waals surface area contributed by atoms with Gasteiger partial charge in [0.25, 0.3) is 0 Å². The van der Waals surface area contributed by atoms with E-state index in [1.807, 2.05) is 30.3 Å². The highest BCUT2D eigenvalue weighted by Crippen LogP contribution is 2.42. The fourth-order valence-corrected chi connectivity index (χ4v) is 4.40. The van der Waals surface area contributed by atoms with Crippen LogP contribution < -0.4 is 11.1 Å². The van der Waals surface area contributed by atoms with Crippen molar-refractivity contribution < 1.29 is 4.79 Å². The summed E-state index contributed by atoms with van der Waals surface area (Å²) >= 11 is 0. The Hall–Kier alpha value is -1.36. The molecule has 1 amide bonds. The van der Waals surface area contributed by atoms with Crippen LogP contribution in [0, 0.1) is 17.8 Å². The number of halogens is 2. The van der Waals surface area contributed by atoms with Crippen LogP contribution >= 0.6 is 24.8 Å². The number of pyridine rings is 1. The number of hydrogen-bond acceptors (Lipinski definition) is 3. The number of fused-ring (bicyclic) bond motifs is 3. The largest absolute Gasteiger partial charge is 0.327 e. The van der Waals surface area contributed by atoms with E-state index < -0.39 is 0 Å². The fraction of sp³-hybridized carbons (Fsp3) is 0.474. The molecule has 2 bridgehead atoms. The predicted octanol–water partition coefficient (Wildman–Crippen LogP) is 4.17. The molecule has 0 aliphatic heterocycles. The molecule has 0 radical (unpaired) electrons. The molecular weight excluding hydrogens is 357 g/mol. The molecule has 2 unspecified atom stereocenters. The van der Waals surface area contributed by atoms with Gasteiger partial charge in [0, 0.05) is 29.2 Å². The zero-order valence-corrected chi connectivity index (χ0v) is 15.7. The van der Waals surface area contributed by atoms with Crippen LogP contribution in [0.15, 0.2) is 36.5 Å². The first kappa shape index (κ1) is 20.0. The zero-order chi connectivity index (χ0) is 15.8. The van der Waals surface area contributed by atoms with Crippen molar-refractivity contribution in [3.05, 3.63) is 36.5 Å². The Labute approximate surface area is 160 Å². The monoisotopic (exact) mass is 381 g/mol. The number of carbonyl (C=O) groups is 1. The second-order valence-corrected chi connectivity index (χ2v) is 7.10. The lowest BCUT2D eigenvalue weighted by Crippen LogP contribution is -2.48. The summed E-state index contributed by atoms with van der Waals surface area (Å²) in [5.74, 6) is 1.31. The van der Waals surface area contributed by atoms with Gasteiger partial charge in [0.1, 0.15) is 0 Å². The summed E-state index contributed by atoms with van der Waals surface area (Å²) in [7, 11) is 0. The molecular formula is C19H25Cl2N3O. The van der Waals surface area contributed by atoms with Crippen molar-refractivity contribution in [1.82, 2.24) is 4.98 Å². The fourth-order valence-electron chi connectivity index (χ4n) is 4.40. The minimum Gasteiger partial charge on any atom is -0.327 e. The van der Waals surface area contributed by atoms with E-state index in [0.29, 0.717) is 17.9 Å². The summed E-state index contributed by atoms with van der Waals surface area (Å²) in [6.07, 6.45) is 7.31. The van der Waals surface area contributed by atoms with Gasteiger partial charge in [0.05, 0.1) is 5.52 Å². The normalized spacial score (nSPS) is 27.7. The topological polar surface area (TPSA) is 68.0 Å². The summed E-state index contributed by atoms with van der Waals surface area (Å²) in [6.45, 7) is 0. The second kappa shape index (κ2) is 8.35.